The van der Waals surface area contributed by atoms with E-state index in [0.717, 1.165) is 11.1 Å². The lowest BCUT2D eigenvalue weighted by Crippen LogP contribution is -2.43. The molecule has 3 aromatic rings. The Morgan fingerprint density at radius 2 is 2.06 bits per heavy atom. The lowest BCUT2D eigenvalue weighted by atomic mass is 10.1. The molecule has 0 saturated carbocycles. The second-order valence-electron chi connectivity index (χ2n) is 8.49. The molecule has 0 bridgehead atoms. The lowest BCUT2D eigenvalue weighted by Gasteiger charge is -2.23. The number of nitrogens with one attached hydrogen (secondary N) is 2. The van der Waals surface area contributed by atoms with Gasteiger partial charge in [-0.1, -0.05) is 29.8 Å². The minimum Gasteiger partial charge on any atom is -0.387 e. The Balaban J connectivity index is 1.25. The summed E-state index contributed by atoms with van der Waals surface area (Å²) in [6, 6.07) is 7.70. The van der Waals surface area contributed by atoms with E-state index < -0.39 is 24.5 Å². The largest absolute Gasteiger partial charge is 0.387 e. The number of fused-ring (bicyclic) bond motifs is 1. The van der Waals surface area contributed by atoms with Gasteiger partial charge >= 0.3 is 6.03 Å². The van der Waals surface area contributed by atoms with E-state index >= 15 is 0 Å². The van der Waals surface area contributed by atoms with Crippen LogP contribution in [-0.2, 0) is 11.3 Å². The van der Waals surface area contributed by atoms with Crippen molar-refractivity contribution in [2.75, 3.05) is 32.4 Å². The molecule has 1 fully saturated rings. The quantitative estimate of drug-likeness (QED) is 0.299. The van der Waals surface area contributed by atoms with Gasteiger partial charge in [-0.15, -0.1) is 0 Å². The van der Waals surface area contributed by atoms with Crippen molar-refractivity contribution < 1.29 is 19.7 Å². The maximum atomic E-state index is 12.1. The lowest BCUT2D eigenvalue weighted by molar-refractivity contribution is -0.0420. The van der Waals surface area contributed by atoms with E-state index in [1.807, 2.05) is 43.1 Å². The molecule has 34 heavy (non-hydrogen) atoms. The average molecular weight is 471 g/mol. The number of aromatic nitrogens is 4. The Labute approximate surface area is 196 Å². The number of imidazole rings is 1. The van der Waals surface area contributed by atoms with Crippen LogP contribution in [0.3, 0.4) is 0 Å². The van der Waals surface area contributed by atoms with Gasteiger partial charge in [-0.3, -0.25) is 4.57 Å². The number of likely N-dealkylation sites (N-methyl/N-ethyl adjacent to an activating group) is 1. The molecule has 1 saturated heterocycles. The van der Waals surface area contributed by atoms with Gasteiger partial charge in [-0.2, -0.15) is 0 Å². The fourth-order valence-electron chi connectivity index (χ4n) is 3.99. The van der Waals surface area contributed by atoms with Crippen LogP contribution in [0.25, 0.3) is 11.2 Å². The van der Waals surface area contributed by atoms with Gasteiger partial charge in [0.1, 0.15) is 30.2 Å². The van der Waals surface area contributed by atoms with Crippen LogP contribution in [0, 0.1) is 6.92 Å². The highest BCUT2D eigenvalue weighted by molar-refractivity contribution is 5.81. The van der Waals surface area contributed by atoms with E-state index in [0.29, 0.717) is 37.3 Å². The number of benzene rings is 1. The first-order chi connectivity index (χ1) is 16.3. The minimum atomic E-state index is -1.17. The van der Waals surface area contributed by atoms with Gasteiger partial charge in [0, 0.05) is 26.2 Å². The Kier molecular flexibility index (Phi) is 7.22. The van der Waals surface area contributed by atoms with Gasteiger partial charge in [0.25, 0.3) is 0 Å². The smallest absolute Gasteiger partial charge is 0.315 e. The van der Waals surface area contributed by atoms with Crippen LogP contribution in [0.2, 0.25) is 0 Å². The normalized spacial score (nSPS) is 22.4. The highest BCUT2D eigenvalue weighted by atomic mass is 16.6. The predicted octanol–water partition coefficient (Wildman–Crippen LogP) is -0.233. The molecule has 2 amide bonds. The summed E-state index contributed by atoms with van der Waals surface area (Å²) in [5, 5.41) is 26.8. The van der Waals surface area contributed by atoms with Gasteiger partial charge < -0.3 is 36.2 Å². The van der Waals surface area contributed by atoms with Crippen LogP contribution < -0.4 is 16.4 Å². The summed E-state index contributed by atoms with van der Waals surface area (Å²) >= 11 is 0. The van der Waals surface area contributed by atoms with E-state index in [2.05, 4.69) is 25.6 Å². The van der Waals surface area contributed by atoms with Crippen molar-refractivity contribution in [3.8, 4) is 0 Å². The van der Waals surface area contributed by atoms with Gasteiger partial charge in [-0.25, -0.2) is 19.7 Å². The van der Waals surface area contributed by atoms with Crippen molar-refractivity contribution in [2.24, 2.45) is 0 Å². The maximum Gasteiger partial charge on any atom is 0.315 e. The zero-order chi connectivity index (χ0) is 24.2. The van der Waals surface area contributed by atoms with Gasteiger partial charge in [0.15, 0.2) is 17.7 Å². The number of nitrogens with two attached hydrogens (primary N) is 1. The number of aliphatic hydroxyl groups is 2. The number of urea groups is 1. The molecule has 4 atom stereocenters. The zero-order valence-corrected chi connectivity index (χ0v) is 19.1. The fourth-order valence-corrected chi connectivity index (χ4v) is 3.99. The number of nitrogen functional groups attached to an aromatic ring is 1. The third kappa shape index (κ3) is 5.25. The van der Waals surface area contributed by atoms with Gasteiger partial charge in [-0.05, 0) is 19.5 Å². The highest BCUT2D eigenvalue weighted by Gasteiger charge is 2.44. The second kappa shape index (κ2) is 10.3. The third-order valence-electron chi connectivity index (χ3n) is 5.80. The summed E-state index contributed by atoms with van der Waals surface area (Å²) in [4.78, 5) is 26.2. The Hall–Kier alpha value is -3.32. The number of anilines is 1. The molecule has 3 heterocycles. The number of rotatable bonds is 8. The fraction of sp³-hybridized carbons (Fsp3) is 0.455. The molecular weight excluding hydrogens is 440 g/mol. The molecule has 182 valence electrons. The Morgan fingerprint density at radius 3 is 2.85 bits per heavy atom. The molecule has 6 N–H and O–H groups in total. The van der Waals surface area contributed by atoms with Crippen LogP contribution in [-0.4, -0.2) is 85.7 Å². The van der Waals surface area contributed by atoms with Crippen molar-refractivity contribution in [3.63, 3.8) is 0 Å². The van der Waals surface area contributed by atoms with Crippen molar-refractivity contribution in [1.29, 1.82) is 0 Å². The molecule has 2 aromatic heterocycles. The predicted molar refractivity (Wildman–Crippen MR) is 125 cm³/mol. The summed E-state index contributed by atoms with van der Waals surface area (Å²) in [6.07, 6.45) is -1.01. The van der Waals surface area contributed by atoms with Crippen LogP contribution in [0.4, 0.5) is 10.6 Å². The highest BCUT2D eigenvalue weighted by Crippen LogP contribution is 2.32. The summed E-state index contributed by atoms with van der Waals surface area (Å²) < 4.78 is 7.50. The van der Waals surface area contributed by atoms with Crippen LogP contribution in [0.15, 0.2) is 36.9 Å². The van der Waals surface area contributed by atoms with Gasteiger partial charge in [0.05, 0.1) is 6.33 Å². The number of aryl methyl sites for hydroxylation is 1. The Morgan fingerprint density at radius 1 is 1.24 bits per heavy atom. The van der Waals surface area contributed by atoms with Crippen molar-refractivity contribution in [2.45, 2.75) is 38.0 Å². The number of carbonyl (C=O) groups is 1. The standard InChI is InChI=1S/C22H30N8O4/c1-13-4-3-5-14(8-13)9-25-22(33)24-6-7-29(2)10-15-17(31)18(32)21(34-15)30-12-28-16-19(23)26-11-27-20(16)30/h3-5,8,11-12,15,17-18,21,31-32H,6-7,9-10H2,1-2H3,(H2,23,26,27)(H2,24,25,33)/t15-,17-,18-,21-/m1/s1. The number of ether oxygens (including phenoxy) is 1. The second-order valence-corrected chi connectivity index (χ2v) is 8.49. The van der Waals surface area contributed by atoms with E-state index in [1.165, 1.54) is 12.7 Å². The van der Waals surface area contributed by atoms with E-state index in [4.69, 9.17) is 10.5 Å². The zero-order valence-electron chi connectivity index (χ0n) is 19.1. The molecule has 1 aliphatic heterocycles. The number of hydrogen-bond donors (Lipinski definition) is 5. The molecule has 12 nitrogen and oxygen atoms in total. The maximum absolute atomic E-state index is 12.1. The van der Waals surface area contributed by atoms with Crippen molar-refractivity contribution in [1.82, 2.24) is 35.1 Å². The molecule has 1 aromatic carbocycles. The summed E-state index contributed by atoms with van der Waals surface area (Å²) in [5.74, 6) is 0.225. The monoisotopic (exact) mass is 470 g/mol. The molecule has 0 aliphatic carbocycles. The molecule has 12 heteroatoms. The first-order valence-corrected chi connectivity index (χ1v) is 11.0. The summed E-state index contributed by atoms with van der Waals surface area (Å²) in [5.41, 5.74) is 8.82. The molecule has 0 radical (unpaired) electrons. The van der Waals surface area contributed by atoms with Crippen molar-refractivity contribution >= 4 is 23.0 Å². The first-order valence-electron chi connectivity index (χ1n) is 11.0. The van der Waals surface area contributed by atoms with E-state index in [-0.39, 0.29) is 11.8 Å². The number of amides is 2. The summed E-state index contributed by atoms with van der Waals surface area (Å²) in [6.45, 7) is 3.75. The number of carbonyl (C=O) groups excluding carboxylic acids is 1. The molecule has 4 rings (SSSR count). The SMILES string of the molecule is Cc1cccc(CNC(=O)NCCN(C)C[C@H]2O[C@@H](n3cnc4c(N)ncnc43)[C@H](O)[C@@H]2O)c1. The molecule has 1 aliphatic rings. The van der Waals surface area contributed by atoms with Crippen LogP contribution >= 0.6 is 0 Å². The van der Waals surface area contributed by atoms with Crippen LogP contribution in [0.1, 0.15) is 17.4 Å². The molecular formula is C22H30N8O4. The van der Waals surface area contributed by atoms with Crippen LogP contribution in [0.5, 0.6) is 0 Å². The average Bonchev–Trinajstić information content (AvgIpc) is 3.35. The minimum absolute atomic E-state index is 0.225. The summed E-state index contributed by atoms with van der Waals surface area (Å²) in [7, 11) is 1.85. The topological polar surface area (TPSA) is 164 Å². The first kappa shape index (κ1) is 23.8. The number of aliphatic hydroxyl groups excluding tert-OH is 2. The van der Waals surface area contributed by atoms with Crippen molar-refractivity contribution in [3.05, 3.63) is 48.0 Å². The molecule has 0 spiro atoms. The number of nitrogens with zero attached hydrogens (tertiary/aromatic N) is 5. The van der Waals surface area contributed by atoms with E-state index in [1.54, 1.807) is 4.57 Å². The third-order valence-corrected chi connectivity index (χ3v) is 5.80. The van der Waals surface area contributed by atoms with Gasteiger partial charge in [0.2, 0.25) is 0 Å². The Bertz CT molecular complexity index is 1140. The number of hydrogen-bond acceptors (Lipinski definition) is 9. The van der Waals surface area contributed by atoms with E-state index in [9.17, 15) is 15.0 Å². The molecule has 0 unspecified atom stereocenters.